The van der Waals surface area contributed by atoms with E-state index < -0.39 is 22.6 Å². The normalized spacial score (nSPS) is 12.5. The SMILES string of the molecule is NS(=O)(=O)c1ccc(-n2nc(CC(F)(F)F)cc2-c2ccc(Cl)s2)cc1. The molecule has 0 aliphatic rings. The summed E-state index contributed by atoms with van der Waals surface area (Å²) in [4.78, 5) is 0.524. The topological polar surface area (TPSA) is 78.0 Å². The summed E-state index contributed by atoms with van der Waals surface area (Å²) in [6.45, 7) is 0. The third-order valence-corrected chi connectivity index (χ3v) is 5.56. The predicted molar refractivity (Wildman–Crippen MR) is 93.0 cm³/mol. The van der Waals surface area contributed by atoms with Gasteiger partial charge in [0.05, 0.1) is 37.6 Å². The van der Waals surface area contributed by atoms with Crippen LogP contribution in [0.15, 0.2) is 47.4 Å². The molecule has 1 aromatic carbocycles. The largest absolute Gasteiger partial charge is 0.394 e. The lowest BCUT2D eigenvalue weighted by Gasteiger charge is -2.07. The first-order valence-corrected chi connectivity index (χ1v) is 9.82. The van der Waals surface area contributed by atoms with Gasteiger partial charge in [0.15, 0.2) is 0 Å². The Balaban J connectivity index is 2.09. The molecule has 2 aromatic heterocycles. The number of nitrogens with zero attached hydrogens (tertiary/aromatic N) is 2. The lowest BCUT2D eigenvalue weighted by molar-refractivity contribution is -0.127. The van der Waals surface area contributed by atoms with Gasteiger partial charge in [0.25, 0.3) is 0 Å². The highest BCUT2D eigenvalue weighted by Crippen LogP contribution is 2.34. The Kier molecular flexibility index (Phi) is 4.86. The molecular weight excluding hydrogens is 411 g/mol. The van der Waals surface area contributed by atoms with Crippen LogP contribution in [0.25, 0.3) is 16.3 Å². The van der Waals surface area contributed by atoms with Crippen molar-refractivity contribution in [3.8, 4) is 16.3 Å². The molecule has 3 rings (SSSR count). The molecule has 0 atom stereocenters. The van der Waals surface area contributed by atoms with Crippen LogP contribution in [0.3, 0.4) is 0 Å². The van der Waals surface area contributed by atoms with Crippen molar-refractivity contribution in [2.24, 2.45) is 5.14 Å². The Morgan fingerprint density at radius 1 is 1.15 bits per heavy atom. The minimum Gasteiger partial charge on any atom is -0.232 e. The minimum atomic E-state index is -4.40. The predicted octanol–water partition coefficient (Wildman–Crippen LogP) is 4.01. The van der Waals surface area contributed by atoms with E-state index in [2.05, 4.69) is 5.10 Å². The van der Waals surface area contributed by atoms with Gasteiger partial charge in [-0.2, -0.15) is 18.3 Å². The van der Waals surface area contributed by atoms with Gasteiger partial charge in [-0.05, 0) is 42.5 Å². The number of halogens is 4. The number of primary sulfonamides is 1. The lowest BCUT2D eigenvalue weighted by atomic mass is 10.2. The molecule has 0 unspecified atom stereocenters. The molecule has 0 fully saturated rings. The highest BCUT2D eigenvalue weighted by Gasteiger charge is 2.30. The van der Waals surface area contributed by atoms with Gasteiger partial charge in [-0.3, -0.25) is 0 Å². The molecule has 0 saturated heterocycles. The summed E-state index contributed by atoms with van der Waals surface area (Å²) >= 11 is 7.12. The first-order valence-electron chi connectivity index (χ1n) is 7.07. The van der Waals surface area contributed by atoms with E-state index in [1.165, 1.54) is 46.4 Å². The Bertz CT molecular complexity index is 1040. The molecule has 0 radical (unpaired) electrons. The number of thiophene rings is 1. The second-order valence-electron chi connectivity index (χ2n) is 5.37. The number of rotatable bonds is 4. The number of hydrogen-bond donors (Lipinski definition) is 1. The Morgan fingerprint density at radius 2 is 1.81 bits per heavy atom. The second-order valence-corrected chi connectivity index (χ2v) is 8.64. The molecule has 2 heterocycles. The number of alkyl halides is 3. The number of aromatic nitrogens is 2. The van der Waals surface area contributed by atoms with Crippen molar-refractivity contribution in [2.45, 2.75) is 17.5 Å². The van der Waals surface area contributed by atoms with Gasteiger partial charge in [0.1, 0.15) is 0 Å². The Labute approximate surface area is 155 Å². The molecule has 26 heavy (non-hydrogen) atoms. The zero-order chi connectivity index (χ0) is 19.1. The van der Waals surface area contributed by atoms with Gasteiger partial charge in [0.2, 0.25) is 10.0 Å². The maximum Gasteiger partial charge on any atom is 0.394 e. The van der Waals surface area contributed by atoms with Crippen molar-refractivity contribution >= 4 is 33.0 Å². The fourth-order valence-electron chi connectivity index (χ4n) is 2.32. The molecule has 0 aliphatic carbocycles. The average molecular weight is 422 g/mol. The summed E-state index contributed by atoms with van der Waals surface area (Å²) in [5.41, 5.74) is 0.655. The van der Waals surface area contributed by atoms with Gasteiger partial charge >= 0.3 is 6.18 Å². The molecule has 5 nitrogen and oxygen atoms in total. The quantitative estimate of drug-likeness (QED) is 0.691. The van der Waals surface area contributed by atoms with Crippen LogP contribution < -0.4 is 5.14 Å². The van der Waals surface area contributed by atoms with Crippen molar-refractivity contribution in [3.63, 3.8) is 0 Å². The fourth-order valence-corrected chi connectivity index (χ4v) is 3.88. The monoisotopic (exact) mass is 421 g/mol. The summed E-state index contributed by atoms with van der Waals surface area (Å²) in [5.74, 6) is 0. The number of nitrogens with two attached hydrogens (primary N) is 1. The molecule has 0 saturated carbocycles. The molecule has 2 N–H and O–H groups in total. The second kappa shape index (κ2) is 6.69. The zero-order valence-electron chi connectivity index (χ0n) is 12.9. The molecule has 0 amide bonds. The Morgan fingerprint density at radius 3 is 2.31 bits per heavy atom. The van der Waals surface area contributed by atoms with Crippen molar-refractivity contribution in [1.82, 2.24) is 9.78 Å². The molecule has 3 aromatic rings. The van der Waals surface area contributed by atoms with Gasteiger partial charge in [-0.25, -0.2) is 18.2 Å². The van der Waals surface area contributed by atoms with E-state index in [-0.39, 0.29) is 10.6 Å². The standard InChI is InChI=1S/C15H11ClF3N3O2S2/c16-14-6-5-13(25-14)12-7-9(8-15(17,18)19)21-22(12)10-1-3-11(4-2-10)26(20,23)24/h1-7H,8H2,(H2,20,23,24). The summed E-state index contributed by atoms with van der Waals surface area (Å²) in [5, 5.41) is 9.08. The first-order chi connectivity index (χ1) is 12.0. The summed E-state index contributed by atoms with van der Waals surface area (Å²) in [6, 6.07) is 10.0. The van der Waals surface area contributed by atoms with E-state index in [0.717, 1.165) is 0 Å². The Hall–Kier alpha value is -1.88. The van der Waals surface area contributed by atoms with E-state index in [1.807, 2.05) is 0 Å². The van der Waals surface area contributed by atoms with Crippen LogP contribution in [0.2, 0.25) is 4.34 Å². The lowest BCUT2D eigenvalue weighted by Crippen LogP contribution is -2.13. The number of benzene rings is 1. The maximum atomic E-state index is 12.7. The van der Waals surface area contributed by atoms with Gasteiger partial charge in [-0.15, -0.1) is 11.3 Å². The maximum absolute atomic E-state index is 12.7. The van der Waals surface area contributed by atoms with Crippen LogP contribution in [-0.4, -0.2) is 24.4 Å². The van der Waals surface area contributed by atoms with E-state index in [1.54, 1.807) is 12.1 Å². The van der Waals surface area contributed by atoms with Crippen LogP contribution in [-0.2, 0) is 16.4 Å². The van der Waals surface area contributed by atoms with E-state index in [9.17, 15) is 21.6 Å². The van der Waals surface area contributed by atoms with Crippen LogP contribution in [0.1, 0.15) is 5.69 Å². The minimum absolute atomic E-state index is 0.107. The van der Waals surface area contributed by atoms with Crippen LogP contribution in [0, 0.1) is 0 Å². The highest BCUT2D eigenvalue weighted by atomic mass is 35.5. The summed E-state index contributed by atoms with van der Waals surface area (Å²) in [6.07, 6.45) is -5.58. The van der Waals surface area contributed by atoms with E-state index in [0.29, 0.717) is 20.6 Å². The van der Waals surface area contributed by atoms with Gasteiger partial charge in [-0.1, -0.05) is 11.6 Å². The molecule has 0 bridgehead atoms. The fraction of sp³-hybridized carbons (Fsp3) is 0.133. The van der Waals surface area contributed by atoms with Crippen LogP contribution in [0.5, 0.6) is 0 Å². The molecule has 0 spiro atoms. The summed E-state index contributed by atoms with van der Waals surface area (Å²) < 4.78 is 62.7. The summed E-state index contributed by atoms with van der Waals surface area (Å²) in [7, 11) is -3.87. The molecule has 138 valence electrons. The van der Waals surface area contributed by atoms with Crippen molar-refractivity contribution in [3.05, 3.63) is 52.5 Å². The van der Waals surface area contributed by atoms with Crippen molar-refractivity contribution in [2.75, 3.05) is 0 Å². The third kappa shape index (κ3) is 4.26. The van der Waals surface area contributed by atoms with Gasteiger partial charge in [0, 0.05) is 0 Å². The molecular formula is C15H11ClF3N3O2S2. The average Bonchev–Trinajstić information content (AvgIpc) is 3.11. The first kappa shape index (κ1) is 18.9. The molecule has 11 heteroatoms. The third-order valence-electron chi connectivity index (χ3n) is 3.38. The van der Waals surface area contributed by atoms with Crippen LogP contribution in [0.4, 0.5) is 13.2 Å². The van der Waals surface area contributed by atoms with Gasteiger partial charge < -0.3 is 0 Å². The smallest absolute Gasteiger partial charge is 0.232 e. The van der Waals surface area contributed by atoms with E-state index >= 15 is 0 Å². The molecule has 0 aliphatic heterocycles. The highest BCUT2D eigenvalue weighted by molar-refractivity contribution is 7.89. The van der Waals surface area contributed by atoms with E-state index in [4.69, 9.17) is 16.7 Å². The number of hydrogen-bond acceptors (Lipinski definition) is 4. The van der Waals surface area contributed by atoms with Crippen molar-refractivity contribution < 1.29 is 21.6 Å². The number of sulfonamides is 1. The van der Waals surface area contributed by atoms with Crippen LogP contribution >= 0.6 is 22.9 Å². The zero-order valence-corrected chi connectivity index (χ0v) is 15.3. The van der Waals surface area contributed by atoms with Crippen molar-refractivity contribution in [1.29, 1.82) is 0 Å².